The number of hydrogen-bond acceptors (Lipinski definition) is 3. The van der Waals surface area contributed by atoms with Crippen molar-refractivity contribution < 1.29 is 23.9 Å². The molecule has 2 amide bonds. The summed E-state index contributed by atoms with van der Waals surface area (Å²) >= 11 is 0. The van der Waals surface area contributed by atoms with Gasteiger partial charge in [-0.25, -0.2) is 9.18 Å². The SMILES string of the molecule is CN(C)C(=O)CCCC(=O)Nc1cc(C(=O)O)ccc1F. The van der Waals surface area contributed by atoms with E-state index in [1.165, 1.54) is 4.90 Å². The van der Waals surface area contributed by atoms with Crippen LogP contribution in [-0.4, -0.2) is 41.9 Å². The van der Waals surface area contributed by atoms with Crippen LogP contribution in [0, 0.1) is 5.82 Å². The maximum atomic E-state index is 13.5. The molecule has 0 radical (unpaired) electrons. The third kappa shape index (κ3) is 5.21. The smallest absolute Gasteiger partial charge is 0.335 e. The number of carbonyl (C=O) groups excluding carboxylic acids is 2. The van der Waals surface area contributed by atoms with Crippen LogP contribution in [0.1, 0.15) is 29.6 Å². The Morgan fingerprint density at radius 3 is 2.48 bits per heavy atom. The van der Waals surface area contributed by atoms with E-state index in [1.54, 1.807) is 14.1 Å². The van der Waals surface area contributed by atoms with Crippen LogP contribution in [-0.2, 0) is 9.59 Å². The van der Waals surface area contributed by atoms with Crippen LogP contribution in [0.5, 0.6) is 0 Å². The van der Waals surface area contributed by atoms with Crippen molar-refractivity contribution in [2.75, 3.05) is 19.4 Å². The van der Waals surface area contributed by atoms with E-state index >= 15 is 0 Å². The minimum atomic E-state index is -1.21. The summed E-state index contributed by atoms with van der Waals surface area (Å²) in [7, 11) is 3.24. The molecule has 0 bridgehead atoms. The molecule has 0 unspecified atom stereocenters. The molecule has 6 nitrogen and oxygen atoms in total. The summed E-state index contributed by atoms with van der Waals surface area (Å²) in [4.78, 5) is 35.2. The van der Waals surface area contributed by atoms with Gasteiger partial charge in [-0.05, 0) is 24.6 Å². The molecule has 1 aromatic carbocycles. The van der Waals surface area contributed by atoms with Crippen molar-refractivity contribution in [3.05, 3.63) is 29.6 Å². The van der Waals surface area contributed by atoms with Gasteiger partial charge in [-0.3, -0.25) is 9.59 Å². The fourth-order valence-corrected chi connectivity index (χ4v) is 1.59. The van der Waals surface area contributed by atoms with E-state index in [4.69, 9.17) is 5.11 Å². The standard InChI is InChI=1S/C14H17FN2O4/c1-17(2)13(19)5-3-4-12(18)16-11-8-9(14(20)21)6-7-10(11)15/h6-8H,3-5H2,1-2H3,(H,16,18)(H,20,21). The summed E-state index contributed by atoms with van der Waals surface area (Å²) < 4.78 is 13.5. The lowest BCUT2D eigenvalue weighted by Crippen LogP contribution is -2.22. The molecule has 21 heavy (non-hydrogen) atoms. The molecule has 0 aliphatic heterocycles. The van der Waals surface area contributed by atoms with Crippen LogP contribution < -0.4 is 5.32 Å². The zero-order chi connectivity index (χ0) is 16.0. The highest BCUT2D eigenvalue weighted by Crippen LogP contribution is 2.17. The molecule has 7 heteroatoms. The average Bonchev–Trinajstić information content (AvgIpc) is 2.40. The van der Waals surface area contributed by atoms with E-state index in [0.717, 1.165) is 18.2 Å². The largest absolute Gasteiger partial charge is 0.478 e. The Kier molecular flexibility index (Phi) is 5.83. The van der Waals surface area contributed by atoms with E-state index in [0.29, 0.717) is 6.42 Å². The van der Waals surface area contributed by atoms with E-state index in [2.05, 4.69) is 5.32 Å². The summed E-state index contributed by atoms with van der Waals surface area (Å²) in [5, 5.41) is 11.1. The number of amides is 2. The number of rotatable bonds is 6. The molecule has 0 aliphatic rings. The number of carboxylic acids is 1. The minimum absolute atomic E-state index is 0.0519. The number of benzene rings is 1. The van der Waals surface area contributed by atoms with Gasteiger partial charge in [0.25, 0.3) is 0 Å². The summed E-state index contributed by atoms with van der Waals surface area (Å²) in [5.74, 6) is -2.48. The van der Waals surface area contributed by atoms with Gasteiger partial charge in [0.05, 0.1) is 11.3 Å². The van der Waals surface area contributed by atoms with Gasteiger partial charge < -0.3 is 15.3 Å². The first-order chi connectivity index (χ1) is 9.81. The van der Waals surface area contributed by atoms with Crippen molar-refractivity contribution in [2.45, 2.75) is 19.3 Å². The Balaban J connectivity index is 2.57. The third-order valence-electron chi connectivity index (χ3n) is 2.78. The second kappa shape index (κ2) is 7.37. The van der Waals surface area contributed by atoms with Gasteiger partial charge in [-0.2, -0.15) is 0 Å². The van der Waals surface area contributed by atoms with Crippen molar-refractivity contribution in [1.82, 2.24) is 4.90 Å². The van der Waals surface area contributed by atoms with E-state index in [-0.39, 0.29) is 30.0 Å². The molecule has 2 N–H and O–H groups in total. The Hall–Kier alpha value is -2.44. The molecule has 0 fully saturated rings. The maximum absolute atomic E-state index is 13.5. The number of nitrogens with one attached hydrogen (secondary N) is 1. The first kappa shape index (κ1) is 16.6. The zero-order valence-electron chi connectivity index (χ0n) is 11.9. The van der Waals surface area contributed by atoms with Gasteiger partial charge in [0.2, 0.25) is 11.8 Å². The first-order valence-electron chi connectivity index (χ1n) is 6.34. The molecule has 0 saturated carbocycles. The topological polar surface area (TPSA) is 86.7 Å². The average molecular weight is 296 g/mol. The summed E-state index contributed by atoms with van der Waals surface area (Å²) in [5.41, 5.74) is -0.298. The summed E-state index contributed by atoms with van der Waals surface area (Å²) in [6.07, 6.45) is 0.609. The fraction of sp³-hybridized carbons (Fsp3) is 0.357. The van der Waals surface area contributed by atoms with E-state index < -0.39 is 17.7 Å². The predicted molar refractivity (Wildman–Crippen MR) is 74.5 cm³/mol. The minimum Gasteiger partial charge on any atom is -0.478 e. The molecular formula is C14H17FN2O4. The Morgan fingerprint density at radius 2 is 1.90 bits per heavy atom. The highest BCUT2D eigenvalue weighted by molar-refractivity contribution is 5.94. The number of anilines is 1. The number of hydrogen-bond donors (Lipinski definition) is 2. The molecule has 0 spiro atoms. The van der Waals surface area contributed by atoms with Crippen LogP contribution in [0.3, 0.4) is 0 Å². The highest BCUT2D eigenvalue weighted by Gasteiger charge is 2.12. The van der Waals surface area contributed by atoms with Gasteiger partial charge in [0, 0.05) is 26.9 Å². The second-order valence-electron chi connectivity index (χ2n) is 4.69. The van der Waals surface area contributed by atoms with Gasteiger partial charge in [-0.15, -0.1) is 0 Å². The molecule has 0 aromatic heterocycles. The highest BCUT2D eigenvalue weighted by atomic mass is 19.1. The molecule has 0 saturated heterocycles. The molecule has 0 aliphatic carbocycles. The van der Waals surface area contributed by atoms with Crippen molar-refractivity contribution in [1.29, 1.82) is 0 Å². The number of carbonyl (C=O) groups is 3. The number of aromatic carboxylic acids is 1. The lowest BCUT2D eigenvalue weighted by atomic mass is 10.1. The van der Waals surface area contributed by atoms with Crippen LogP contribution >= 0.6 is 0 Å². The van der Waals surface area contributed by atoms with Gasteiger partial charge in [-0.1, -0.05) is 0 Å². The second-order valence-corrected chi connectivity index (χ2v) is 4.69. The first-order valence-corrected chi connectivity index (χ1v) is 6.34. The van der Waals surface area contributed by atoms with Crippen LogP contribution in [0.2, 0.25) is 0 Å². The van der Waals surface area contributed by atoms with E-state index in [9.17, 15) is 18.8 Å². The van der Waals surface area contributed by atoms with Crippen LogP contribution in [0.4, 0.5) is 10.1 Å². The fourth-order valence-electron chi connectivity index (χ4n) is 1.59. The van der Waals surface area contributed by atoms with Gasteiger partial charge >= 0.3 is 5.97 Å². The van der Waals surface area contributed by atoms with Crippen molar-refractivity contribution in [3.63, 3.8) is 0 Å². The molecule has 0 heterocycles. The molecule has 1 aromatic rings. The van der Waals surface area contributed by atoms with Gasteiger partial charge in [0.1, 0.15) is 5.82 Å². The summed E-state index contributed by atoms with van der Waals surface area (Å²) in [6, 6.07) is 3.15. The van der Waals surface area contributed by atoms with Crippen molar-refractivity contribution >= 4 is 23.5 Å². The Labute approximate surface area is 121 Å². The molecular weight excluding hydrogens is 279 g/mol. The molecule has 114 valence electrons. The summed E-state index contributed by atoms with van der Waals surface area (Å²) in [6.45, 7) is 0. The van der Waals surface area contributed by atoms with Crippen molar-refractivity contribution in [2.24, 2.45) is 0 Å². The maximum Gasteiger partial charge on any atom is 0.335 e. The quantitative estimate of drug-likeness (QED) is 0.837. The van der Waals surface area contributed by atoms with Crippen LogP contribution in [0.15, 0.2) is 18.2 Å². The number of carboxylic acid groups (broad SMARTS) is 1. The van der Waals surface area contributed by atoms with Crippen LogP contribution in [0.25, 0.3) is 0 Å². The predicted octanol–water partition coefficient (Wildman–Crippen LogP) is 1.72. The number of nitrogens with zero attached hydrogens (tertiary/aromatic N) is 1. The lowest BCUT2D eigenvalue weighted by Gasteiger charge is -2.10. The number of halogens is 1. The van der Waals surface area contributed by atoms with Crippen molar-refractivity contribution in [3.8, 4) is 0 Å². The molecule has 1 rings (SSSR count). The Morgan fingerprint density at radius 1 is 1.24 bits per heavy atom. The van der Waals surface area contributed by atoms with Gasteiger partial charge in [0.15, 0.2) is 0 Å². The van der Waals surface area contributed by atoms with E-state index in [1.807, 2.05) is 0 Å². The lowest BCUT2D eigenvalue weighted by molar-refractivity contribution is -0.128. The third-order valence-corrected chi connectivity index (χ3v) is 2.78. The monoisotopic (exact) mass is 296 g/mol. The zero-order valence-corrected chi connectivity index (χ0v) is 11.9. The Bertz CT molecular complexity index is 558. The normalized spacial score (nSPS) is 10.0. The molecule has 0 atom stereocenters.